The Hall–Kier alpha value is -0.380. The van der Waals surface area contributed by atoms with E-state index in [1.165, 1.54) is 12.8 Å². The lowest BCUT2D eigenvalue weighted by Gasteiger charge is -2.42. The van der Waals surface area contributed by atoms with Crippen LogP contribution in [0.2, 0.25) is 0 Å². The topological polar surface area (TPSA) is 41.5 Å². The first kappa shape index (κ1) is 11.1. The summed E-state index contributed by atoms with van der Waals surface area (Å²) in [5, 5.41) is 12.5. The summed E-state index contributed by atoms with van der Waals surface area (Å²) in [7, 11) is 1.71. The van der Waals surface area contributed by atoms with Crippen molar-refractivity contribution in [3.8, 4) is 0 Å². The molecule has 0 aromatic heterocycles. The first-order valence-electron chi connectivity index (χ1n) is 5.87. The van der Waals surface area contributed by atoms with E-state index in [1.807, 2.05) is 0 Å². The lowest BCUT2D eigenvalue weighted by Crippen LogP contribution is -2.53. The minimum atomic E-state index is 0.234. The maximum absolute atomic E-state index is 8.94. The minimum absolute atomic E-state index is 0.234. The summed E-state index contributed by atoms with van der Waals surface area (Å²) < 4.78 is 5.15. The predicted molar refractivity (Wildman–Crippen MR) is 59.6 cm³/mol. The highest BCUT2D eigenvalue weighted by atomic mass is 16.5. The van der Waals surface area contributed by atoms with E-state index < -0.39 is 0 Å². The second-order valence-electron chi connectivity index (χ2n) is 4.67. The lowest BCUT2D eigenvalue weighted by molar-refractivity contribution is 0.0995. The number of fused-ring (bicyclic) bond motifs is 1. The third-order valence-corrected chi connectivity index (χ3v) is 3.66. The van der Waals surface area contributed by atoms with Gasteiger partial charge in [0.15, 0.2) is 0 Å². The molecule has 3 nitrogen and oxygen atoms in total. The van der Waals surface area contributed by atoms with E-state index in [4.69, 9.17) is 9.84 Å². The van der Waals surface area contributed by atoms with Gasteiger partial charge in [0.1, 0.15) is 0 Å². The molecule has 0 bridgehead atoms. The monoisotopic (exact) mass is 211 g/mol. The van der Waals surface area contributed by atoms with Crippen molar-refractivity contribution in [2.24, 2.45) is 11.8 Å². The molecule has 1 fully saturated rings. The van der Waals surface area contributed by atoms with Gasteiger partial charge in [-0.25, -0.2) is 0 Å². The van der Waals surface area contributed by atoms with Gasteiger partial charge in [-0.05, 0) is 31.1 Å². The van der Waals surface area contributed by atoms with Crippen LogP contribution in [-0.4, -0.2) is 37.5 Å². The molecule has 0 saturated heterocycles. The summed E-state index contributed by atoms with van der Waals surface area (Å²) in [6.45, 7) is 0.926. The number of rotatable bonds is 6. The standard InChI is InChI=1S/C12H21NO2/c1-15-8-10(5-6-14)13-12-7-9-3-2-4-11(9)12/h2,4,9-14H,3,5-8H2,1H3. The van der Waals surface area contributed by atoms with Crippen molar-refractivity contribution in [1.29, 1.82) is 0 Å². The van der Waals surface area contributed by atoms with Crippen molar-refractivity contribution in [3.63, 3.8) is 0 Å². The number of allylic oxidation sites excluding steroid dienone is 1. The number of hydrogen-bond donors (Lipinski definition) is 2. The molecule has 2 N–H and O–H groups in total. The molecular formula is C12H21NO2. The number of ether oxygens (including phenoxy) is 1. The van der Waals surface area contributed by atoms with Crippen molar-refractivity contribution in [2.75, 3.05) is 20.3 Å². The van der Waals surface area contributed by atoms with Gasteiger partial charge < -0.3 is 15.2 Å². The van der Waals surface area contributed by atoms with Crippen LogP contribution in [0.15, 0.2) is 12.2 Å². The number of hydrogen-bond acceptors (Lipinski definition) is 3. The minimum Gasteiger partial charge on any atom is -0.396 e. The highest BCUT2D eigenvalue weighted by Gasteiger charge is 2.41. The maximum atomic E-state index is 8.94. The summed E-state index contributed by atoms with van der Waals surface area (Å²) in [4.78, 5) is 0. The lowest BCUT2D eigenvalue weighted by atomic mass is 9.71. The Morgan fingerprint density at radius 1 is 1.60 bits per heavy atom. The van der Waals surface area contributed by atoms with E-state index >= 15 is 0 Å². The molecule has 86 valence electrons. The van der Waals surface area contributed by atoms with Gasteiger partial charge in [0, 0.05) is 25.8 Å². The van der Waals surface area contributed by atoms with E-state index in [2.05, 4.69) is 17.5 Å². The van der Waals surface area contributed by atoms with Crippen molar-refractivity contribution < 1.29 is 9.84 Å². The van der Waals surface area contributed by atoms with Crippen LogP contribution in [0.5, 0.6) is 0 Å². The molecule has 0 spiro atoms. The fraction of sp³-hybridized carbons (Fsp3) is 0.833. The quantitative estimate of drug-likeness (QED) is 0.642. The van der Waals surface area contributed by atoms with E-state index in [9.17, 15) is 0 Å². The fourth-order valence-corrected chi connectivity index (χ4v) is 2.78. The molecule has 0 radical (unpaired) electrons. The summed E-state index contributed by atoms with van der Waals surface area (Å²) >= 11 is 0. The molecular weight excluding hydrogens is 190 g/mol. The van der Waals surface area contributed by atoms with Gasteiger partial charge in [0.25, 0.3) is 0 Å². The first-order chi connectivity index (χ1) is 7.35. The number of nitrogens with one attached hydrogen (secondary N) is 1. The van der Waals surface area contributed by atoms with Gasteiger partial charge in [-0.3, -0.25) is 0 Å². The average molecular weight is 211 g/mol. The van der Waals surface area contributed by atoms with Crippen LogP contribution < -0.4 is 5.32 Å². The molecule has 0 aromatic rings. The Bertz CT molecular complexity index is 224. The largest absolute Gasteiger partial charge is 0.396 e. The van der Waals surface area contributed by atoms with Crippen molar-refractivity contribution >= 4 is 0 Å². The van der Waals surface area contributed by atoms with Crippen LogP contribution in [0.4, 0.5) is 0 Å². The fourth-order valence-electron chi connectivity index (χ4n) is 2.78. The van der Waals surface area contributed by atoms with E-state index in [0.717, 1.165) is 18.3 Å². The Morgan fingerprint density at radius 2 is 2.47 bits per heavy atom. The molecule has 0 aliphatic heterocycles. The van der Waals surface area contributed by atoms with Crippen LogP contribution in [0.1, 0.15) is 19.3 Å². The summed E-state index contributed by atoms with van der Waals surface area (Å²) in [5.74, 6) is 1.63. The predicted octanol–water partition coefficient (Wildman–Crippen LogP) is 0.938. The van der Waals surface area contributed by atoms with Gasteiger partial charge in [-0.1, -0.05) is 12.2 Å². The molecule has 0 aromatic carbocycles. The Morgan fingerprint density at radius 3 is 3.13 bits per heavy atom. The van der Waals surface area contributed by atoms with Gasteiger partial charge in [0.05, 0.1) is 6.61 Å². The Balaban J connectivity index is 1.76. The molecule has 3 heteroatoms. The molecule has 2 aliphatic carbocycles. The van der Waals surface area contributed by atoms with E-state index in [1.54, 1.807) is 7.11 Å². The van der Waals surface area contributed by atoms with E-state index in [0.29, 0.717) is 18.7 Å². The van der Waals surface area contributed by atoms with Crippen LogP contribution in [0, 0.1) is 11.8 Å². The first-order valence-corrected chi connectivity index (χ1v) is 5.87. The van der Waals surface area contributed by atoms with Crippen LogP contribution in [-0.2, 0) is 4.74 Å². The molecule has 4 atom stereocenters. The summed E-state index contributed by atoms with van der Waals surface area (Å²) in [6.07, 6.45) is 7.97. The molecule has 4 unspecified atom stereocenters. The molecule has 2 rings (SSSR count). The second kappa shape index (κ2) is 5.10. The second-order valence-corrected chi connectivity index (χ2v) is 4.67. The Labute approximate surface area is 91.5 Å². The van der Waals surface area contributed by atoms with Gasteiger partial charge in [-0.15, -0.1) is 0 Å². The summed E-state index contributed by atoms with van der Waals surface area (Å²) in [6, 6.07) is 0.917. The SMILES string of the molecule is COCC(CCO)NC1CC2CC=CC21. The number of methoxy groups -OCH3 is 1. The zero-order valence-electron chi connectivity index (χ0n) is 9.36. The third kappa shape index (κ3) is 2.41. The smallest absolute Gasteiger partial charge is 0.0616 e. The van der Waals surface area contributed by atoms with Crippen LogP contribution in [0.3, 0.4) is 0 Å². The number of aliphatic hydroxyl groups is 1. The van der Waals surface area contributed by atoms with Gasteiger partial charge in [0.2, 0.25) is 0 Å². The summed E-state index contributed by atoms with van der Waals surface area (Å²) in [5.41, 5.74) is 0. The van der Waals surface area contributed by atoms with Crippen molar-refractivity contribution in [1.82, 2.24) is 5.32 Å². The highest BCUT2D eigenvalue weighted by molar-refractivity contribution is 5.13. The van der Waals surface area contributed by atoms with Crippen LogP contribution in [0.25, 0.3) is 0 Å². The average Bonchev–Trinajstić information content (AvgIpc) is 2.57. The van der Waals surface area contributed by atoms with Crippen molar-refractivity contribution in [2.45, 2.75) is 31.3 Å². The van der Waals surface area contributed by atoms with Gasteiger partial charge in [-0.2, -0.15) is 0 Å². The van der Waals surface area contributed by atoms with Crippen molar-refractivity contribution in [3.05, 3.63) is 12.2 Å². The molecule has 0 heterocycles. The normalized spacial score (nSPS) is 34.9. The Kier molecular flexibility index (Phi) is 3.78. The third-order valence-electron chi connectivity index (χ3n) is 3.66. The highest BCUT2D eigenvalue weighted by Crippen LogP contribution is 2.42. The van der Waals surface area contributed by atoms with Crippen LogP contribution >= 0.6 is 0 Å². The molecule has 15 heavy (non-hydrogen) atoms. The number of aliphatic hydroxyl groups excluding tert-OH is 1. The molecule has 2 aliphatic rings. The molecule has 0 amide bonds. The van der Waals surface area contributed by atoms with Gasteiger partial charge >= 0.3 is 0 Å². The zero-order valence-corrected chi connectivity index (χ0v) is 9.36. The van der Waals surface area contributed by atoms with E-state index in [-0.39, 0.29) is 6.61 Å². The molecule has 1 saturated carbocycles. The zero-order chi connectivity index (χ0) is 10.7. The maximum Gasteiger partial charge on any atom is 0.0616 e.